The van der Waals surface area contributed by atoms with E-state index in [1.807, 2.05) is 0 Å². The molecule has 0 bridgehead atoms. The molecule has 0 saturated heterocycles. The molecule has 0 spiro atoms. The second-order valence-electron chi connectivity index (χ2n) is 4.59. The molecule has 8 nitrogen and oxygen atoms in total. The molecule has 0 fully saturated rings. The van der Waals surface area contributed by atoms with Gasteiger partial charge in [-0.2, -0.15) is 0 Å². The number of carbonyl (C=O) groups excluding carboxylic acids is 1. The zero-order valence-electron chi connectivity index (χ0n) is 12.0. The molecule has 0 aliphatic carbocycles. The van der Waals surface area contributed by atoms with Gasteiger partial charge in [-0.05, 0) is 12.1 Å². The molecular weight excluding hydrogens is 278 g/mol. The number of aliphatic hydroxyl groups is 2. The van der Waals surface area contributed by atoms with E-state index in [4.69, 9.17) is 10.2 Å². The van der Waals surface area contributed by atoms with Crippen LogP contribution in [-0.2, 0) is 0 Å². The lowest BCUT2D eigenvalue weighted by Gasteiger charge is -2.23. The summed E-state index contributed by atoms with van der Waals surface area (Å²) in [6.45, 7) is -0.0875. The minimum Gasteiger partial charge on any atom is -0.395 e. The number of rotatable bonds is 7. The standard InChI is InChI=1S/C13H19N3O5/c1-14(2)13(19)10-3-4-11(12(9-10)16(20)21)15(5-7-17)6-8-18/h3-4,9,17-18H,5-8H2,1-2H3. The van der Waals surface area contributed by atoms with Crippen LogP contribution in [0.2, 0.25) is 0 Å². The van der Waals surface area contributed by atoms with E-state index in [1.165, 1.54) is 28.0 Å². The van der Waals surface area contributed by atoms with Gasteiger partial charge in [-0.15, -0.1) is 0 Å². The topological polar surface area (TPSA) is 107 Å². The summed E-state index contributed by atoms with van der Waals surface area (Å²) in [6.07, 6.45) is 0. The second-order valence-corrected chi connectivity index (χ2v) is 4.59. The molecule has 2 N–H and O–H groups in total. The molecule has 0 atom stereocenters. The molecule has 0 heterocycles. The normalized spacial score (nSPS) is 10.3. The Balaban J connectivity index is 3.26. The fourth-order valence-corrected chi connectivity index (χ4v) is 1.92. The summed E-state index contributed by atoms with van der Waals surface area (Å²) in [6, 6.07) is 4.16. The van der Waals surface area contributed by atoms with Crippen LogP contribution in [0.3, 0.4) is 0 Å². The molecule has 0 aromatic heterocycles. The fourth-order valence-electron chi connectivity index (χ4n) is 1.92. The summed E-state index contributed by atoms with van der Waals surface area (Å²) in [5.74, 6) is -0.333. The van der Waals surface area contributed by atoms with Gasteiger partial charge in [0.2, 0.25) is 0 Å². The van der Waals surface area contributed by atoms with Crippen LogP contribution in [0.1, 0.15) is 10.4 Å². The lowest BCUT2D eigenvalue weighted by atomic mass is 10.1. The highest BCUT2D eigenvalue weighted by atomic mass is 16.6. The van der Waals surface area contributed by atoms with Crippen LogP contribution in [0.25, 0.3) is 0 Å². The quantitative estimate of drug-likeness (QED) is 0.545. The largest absolute Gasteiger partial charge is 0.395 e. The van der Waals surface area contributed by atoms with E-state index in [2.05, 4.69) is 0 Å². The van der Waals surface area contributed by atoms with Gasteiger partial charge >= 0.3 is 0 Å². The van der Waals surface area contributed by atoms with E-state index in [0.29, 0.717) is 0 Å². The molecule has 1 aromatic rings. The van der Waals surface area contributed by atoms with Gasteiger partial charge in [0.25, 0.3) is 11.6 Å². The summed E-state index contributed by atoms with van der Waals surface area (Å²) in [4.78, 5) is 25.3. The average molecular weight is 297 g/mol. The number of hydrogen-bond donors (Lipinski definition) is 2. The third-order valence-corrected chi connectivity index (χ3v) is 2.91. The smallest absolute Gasteiger partial charge is 0.293 e. The number of amides is 1. The number of nitro benzene ring substituents is 1. The Bertz CT molecular complexity index is 513. The van der Waals surface area contributed by atoms with E-state index in [9.17, 15) is 14.9 Å². The van der Waals surface area contributed by atoms with E-state index in [0.717, 1.165) is 0 Å². The summed E-state index contributed by atoms with van der Waals surface area (Å²) in [7, 11) is 3.12. The van der Waals surface area contributed by atoms with E-state index in [-0.39, 0.29) is 49.1 Å². The first-order valence-electron chi connectivity index (χ1n) is 6.39. The summed E-state index contributed by atoms with van der Waals surface area (Å²) < 4.78 is 0. The lowest BCUT2D eigenvalue weighted by Crippen LogP contribution is -2.30. The number of aliphatic hydroxyl groups excluding tert-OH is 2. The number of hydrogen-bond acceptors (Lipinski definition) is 6. The van der Waals surface area contributed by atoms with E-state index in [1.54, 1.807) is 14.1 Å². The van der Waals surface area contributed by atoms with Gasteiger partial charge in [0.1, 0.15) is 5.69 Å². The highest BCUT2D eigenvalue weighted by Gasteiger charge is 2.22. The maximum Gasteiger partial charge on any atom is 0.293 e. The molecule has 0 unspecified atom stereocenters. The Morgan fingerprint density at radius 3 is 2.24 bits per heavy atom. The van der Waals surface area contributed by atoms with Crippen molar-refractivity contribution < 1.29 is 19.9 Å². The van der Waals surface area contributed by atoms with Crippen LogP contribution < -0.4 is 4.90 Å². The zero-order valence-corrected chi connectivity index (χ0v) is 12.0. The van der Waals surface area contributed by atoms with Crippen LogP contribution in [0.5, 0.6) is 0 Å². The number of nitrogens with zero attached hydrogens (tertiary/aromatic N) is 3. The van der Waals surface area contributed by atoms with E-state index < -0.39 is 4.92 Å². The Labute approximate surface area is 122 Å². The van der Waals surface area contributed by atoms with Crippen LogP contribution in [0.15, 0.2) is 18.2 Å². The van der Waals surface area contributed by atoms with Crippen molar-refractivity contribution in [3.63, 3.8) is 0 Å². The molecule has 116 valence electrons. The first kappa shape index (κ1) is 16.9. The summed E-state index contributed by atoms with van der Waals surface area (Å²) in [5, 5.41) is 29.2. The summed E-state index contributed by atoms with van der Waals surface area (Å²) >= 11 is 0. The number of anilines is 1. The van der Waals surface area contributed by atoms with Gasteiger partial charge < -0.3 is 20.0 Å². The number of carbonyl (C=O) groups is 1. The molecule has 1 amide bonds. The maximum absolute atomic E-state index is 11.9. The molecule has 1 aromatic carbocycles. The Kier molecular flexibility index (Phi) is 6.07. The monoisotopic (exact) mass is 297 g/mol. The zero-order chi connectivity index (χ0) is 16.0. The SMILES string of the molecule is CN(C)C(=O)c1ccc(N(CCO)CCO)c([N+](=O)[O-])c1. The van der Waals surface area contributed by atoms with Crippen LogP contribution in [0.4, 0.5) is 11.4 Å². The van der Waals surface area contributed by atoms with Gasteiger partial charge in [-0.3, -0.25) is 14.9 Å². The fraction of sp³-hybridized carbons (Fsp3) is 0.462. The molecule has 0 aliphatic heterocycles. The van der Waals surface area contributed by atoms with Crippen molar-refractivity contribution in [1.29, 1.82) is 0 Å². The first-order chi connectivity index (χ1) is 9.92. The molecular formula is C13H19N3O5. The van der Waals surface area contributed by atoms with Gasteiger partial charge in [0.05, 0.1) is 18.1 Å². The second kappa shape index (κ2) is 7.55. The number of nitro groups is 1. The summed E-state index contributed by atoms with van der Waals surface area (Å²) in [5.41, 5.74) is 0.242. The van der Waals surface area contributed by atoms with Crippen LogP contribution in [0, 0.1) is 10.1 Å². The van der Waals surface area contributed by atoms with Gasteiger partial charge in [0.15, 0.2) is 0 Å². The van der Waals surface area contributed by atoms with Crippen molar-refractivity contribution in [3.05, 3.63) is 33.9 Å². The Hall–Kier alpha value is -2.19. The molecule has 0 saturated carbocycles. The van der Waals surface area contributed by atoms with Gasteiger partial charge in [-0.1, -0.05) is 0 Å². The first-order valence-corrected chi connectivity index (χ1v) is 6.39. The molecule has 8 heteroatoms. The van der Waals surface area contributed by atoms with Crippen molar-refractivity contribution in [2.75, 3.05) is 45.3 Å². The Morgan fingerprint density at radius 2 is 1.81 bits per heavy atom. The maximum atomic E-state index is 11.9. The minimum absolute atomic E-state index is 0.155. The number of benzene rings is 1. The van der Waals surface area contributed by atoms with Crippen LogP contribution >= 0.6 is 0 Å². The van der Waals surface area contributed by atoms with Crippen molar-refractivity contribution in [2.24, 2.45) is 0 Å². The van der Waals surface area contributed by atoms with Gasteiger partial charge in [0, 0.05) is 38.8 Å². The van der Waals surface area contributed by atoms with Crippen LogP contribution in [-0.4, -0.2) is 66.3 Å². The third kappa shape index (κ3) is 4.14. The van der Waals surface area contributed by atoms with Crippen molar-refractivity contribution in [1.82, 2.24) is 4.90 Å². The highest BCUT2D eigenvalue weighted by molar-refractivity contribution is 5.95. The molecule has 21 heavy (non-hydrogen) atoms. The van der Waals surface area contributed by atoms with Crippen molar-refractivity contribution >= 4 is 17.3 Å². The molecule has 0 radical (unpaired) electrons. The predicted molar refractivity (Wildman–Crippen MR) is 77.5 cm³/mol. The molecule has 1 rings (SSSR count). The van der Waals surface area contributed by atoms with Crippen molar-refractivity contribution in [2.45, 2.75) is 0 Å². The highest BCUT2D eigenvalue weighted by Crippen LogP contribution is 2.29. The Morgan fingerprint density at radius 1 is 1.24 bits per heavy atom. The van der Waals surface area contributed by atoms with Crippen molar-refractivity contribution in [3.8, 4) is 0 Å². The van der Waals surface area contributed by atoms with Gasteiger partial charge in [-0.25, -0.2) is 0 Å². The van der Waals surface area contributed by atoms with E-state index >= 15 is 0 Å². The average Bonchev–Trinajstić information content (AvgIpc) is 2.45. The lowest BCUT2D eigenvalue weighted by molar-refractivity contribution is -0.384. The minimum atomic E-state index is -0.580. The predicted octanol–water partition coefficient (Wildman–Crippen LogP) is 0.0876. The molecule has 0 aliphatic rings. The third-order valence-electron chi connectivity index (χ3n) is 2.91.